The van der Waals surface area contributed by atoms with Gasteiger partial charge in [-0.3, -0.25) is 4.79 Å². The lowest BCUT2D eigenvalue weighted by atomic mass is 9.79. The van der Waals surface area contributed by atoms with Gasteiger partial charge in [0.25, 0.3) is 0 Å². The van der Waals surface area contributed by atoms with Crippen LogP contribution in [-0.2, 0) is 9.53 Å². The monoisotopic (exact) mass is 430 g/mol. The van der Waals surface area contributed by atoms with Gasteiger partial charge in [-0.25, -0.2) is 4.79 Å². The summed E-state index contributed by atoms with van der Waals surface area (Å²) in [6.07, 6.45) is 6.16. The largest absolute Gasteiger partial charge is 0.466 e. The van der Waals surface area contributed by atoms with Gasteiger partial charge in [0.05, 0.1) is 24.3 Å². The van der Waals surface area contributed by atoms with E-state index in [1.807, 2.05) is 31.2 Å². The van der Waals surface area contributed by atoms with Gasteiger partial charge in [0.1, 0.15) is 0 Å². The van der Waals surface area contributed by atoms with Crippen LogP contribution in [0.4, 0.5) is 0 Å². The Morgan fingerprint density at radius 1 is 1.06 bits per heavy atom. The fourth-order valence-electron chi connectivity index (χ4n) is 6.02. The summed E-state index contributed by atoms with van der Waals surface area (Å²) in [5.74, 6) is -0.843. The summed E-state index contributed by atoms with van der Waals surface area (Å²) in [6.45, 7) is 6.17. The molecule has 2 heterocycles. The van der Waals surface area contributed by atoms with Crippen molar-refractivity contribution in [3.8, 4) is 0 Å². The van der Waals surface area contributed by atoms with E-state index in [1.54, 1.807) is 0 Å². The zero-order chi connectivity index (χ0) is 22.6. The van der Waals surface area contributed by atoms with Crippen molar-refractivity contribution in [2.24, 2.45) is 0 Å². The van der Waals surface area contributed by atoms with Gasteiger partial charge < -0.3 is 14.6 Å². The lowest BCUT2D eigenvalue weighted by Crippen LogP contribution is -2.29. The fourth-order valence-corrected chi connectivity index (χ4v) is 6.02. The molecular formula is C27H30N2O3. The molecule has 1 fully saturated rings. The third-order valence-corrected chi connectivity index (χ3v) is 7.43. The first-order valence-electron chi connectivity index (χ1n) is 11.6. The number of hydrogen-bond acceptors (Lipinski definition) is 4. The second-order valence-electron chi connectivity index (χ2n) is 9.24. The summed E-state index contributed by atoms with van der Waals surface area (Å²) in [7, 11) is 1.40. The van der Waals surface area contributed by atoms with Crippen LogP contribution in [0.1, 0.15) is 83.9 Å². The Bertz CT molecular complexity index is 1190. The van der Waals surface area contributed by atoms with Crippen LogP contribution in [0, 0.1) is 13.8 Å². The molecule has 32 heavy (non-hydrogen) atoms. The topological polar surface area (TPSA) is 60.3 Å². The van der Waals surface area contributed by atoms with E-state index in [2.05, 4.69) is 29.8 Å². The van der Waals surface area contributed by atoms with Gasteiger partial charge in [-0.2, -0.15) is 0 Å². The SMILES string of the molecule is COC(=O)C1=C(C)NC2=C(C(=O)c3ccccc32)[C@@H]1c1cc(C)n(C2CCCCC2)c1C. The summed E-state index contributed by atoms with van der Waals surface area (Å²) in [4.78, 5) is 26.6. The fraction of sp³-hybridized carbons (Fsp3) is 0.407. The lowest BCUT2D eigenvalue weighted by molar-refractivity contribution is -0.136. The third-order valence-electron chi connectivity index (χ3n) is 7.43. The third kappa shape index (κ3) is 2.98. The van der Waals surface area contributed by atoms with E-state index in [4.69, 9.17) is 4.74 Å². The zero-order valence-electron chi connectivity index (χ0n) is 19.2. The average molecular weight is 431 g/mol. The van der Waals surface area contributed by atoms with E-state index in [9.17, 15) is 9.59 Å². The number of benzene rings is 1. The number of esters is 1. The minimum Gasteiger partial charge on any atom is -0.466 e. The number of nitrogens with zero attached hydrogens (tertiary/aromatic N) is 1. The predicted octanol–water partition coefficient (Wildman–Crippen LogP) is 5.35. The highest BCUT2D eigenvalue weighted by Gasteiger charge is 2.44. The highest BCUT2D eigenvalue weighted by atomic mass is 16.5. The number of ketones is 1. The summed E-state index contributed by atoms with van der Waals surface area (Å²) in [6, 6.07) is 10.3. The second kappa shape index (κ2) is 7.80. The molecule has 1 atom stereocenters. The maximum absolute atomic E-state index is 13.6. The molecule has 0 unspecified atom stereocenters. The Hall–Kier alpha value is -3.08. The smallest absolute Gasteiger partial charge is 0.336 e. The Labute approximate surface area is 189 Å². The first-order chi connectivity index (χ1) is 15.4. The van der Waals surface area contributed by atoms with E-state index >= 15 is 0 Å². The first-order valence-corrected chi connectivity index (χ1v) is 11.6. The van der Waals surface area contributed by atoms with Gasteiger partial charge in [-0.05, 0) is 45.2 Å². The molecule has 2 aliphatic carbocycles. The quantitative estimate of drug-likeness (QED) is 0.667. The summed E-state index contributed by atoms with van der Waals surface area (Å²) < 4.78 is 7.63. The highest BCUT2D eigenvalue weighted by molar-refractivity contribution is 6.23. The first kappa shape index (κ1) is 20.8. The maximum atomic E-state index is 13.6. The van der Waals surface area contributed by atoms with Gasteiger partial charge in [-0.15, -0.1) is 0 Å². The van der Waals surface area contributed by atoms with Crippen LogP contribution < -0.4 is 5.32 Å². The van der Waals surface area contributed by atoms with Crippen LogP contribution in [0.2, 0.25) is 0 Å². The van der Waals surface area contributed by atoms with E-state index in [0.717, 1.165) is 28.2 Å². The number of carbonyl (C=O) groups excluding carboxylic acids is 2. The molecule has 1 N–H and O–H groups in total. The highest BCUT2D eigenvalue weighted by Crippen LogP contribution is 2.48. The van der Waals surface area contributed by atoms with Crippen molar-refractivity contribution < 1.29 is 14.3 Å². The lowest BCUT2D eigenvalue weighted by Gasteiger charge is -2.30. The van der Waals surface area contributed by atoms with Gasteiger partial charge >= 0.3 is 5.97 Å². The van der Waals surface area contributed by atoms with Crippen LogP contribution in [-0.4, -0.2) is 23.4 Å². The standard InChI is InChI=1S/C27H30N2O3/c1-15-14-21(17(3)29(15)18-10-6-5-7-11-18)23-22(27(31)32-4)16(2)28-25-19-12-8-9-13-20(19)26(30)24(23)25/h8-9,12-14,18,23,28H,5-7,10-11H2,1-4H3/t23-/m1/s1. The molecule has 0 bridgehead atoms. The summed E-state index contributed by atoms with van der Waals surface area (Å²) >= 11 is 0. The number of hydrogen-bond donors (Lipinski definition) is 1. The molecule has 5 heteroatoms. The Balaban J connectivity index is 1.70. The molecule has 166 valence electrons. The molecular weight excluding hydrogens is 400 g/mol. The number of methoxy groups -OCH3 is 1. The minimum absolute atomic E-state index is 0.00975. The minimum atomic E-state index is -0.442. The summed E-state index contributed by atoms with van der Waals surface area (Å²) in [5, 5.41) is 3.36. The van der Waals surface area contributed by atoms with Crippen molar-refractivity contribution in [3.63, 3.8) is 0 Å². The van der Waals surface area contributed by atoms with Crippen LogP contribution in [0.25, 0.3) is 5.70 Å². The molecule has 0 amide bonds. The van der Waals surface area contributed by atoms with Crippen molar-refractivity contribution >= 4 is 17.4 Å². The second-order valence-corrected chi connectivity index (χ2v) is 9.24. The molecule has 5 rings (SSSR count). The normalized spacial score (nSPS) is 20.9. The van der Waals surface area contributed by atoms with Crippen LogP contribution in [0.5, 0.6) is 0 Å². The van der Waals surface area contributed by atoms with Crippen molar-refractivity contribution in [1.29, 1.82) is 0 Å². The van der Waals surface area contributed by atoms with E-state index in [0.29, 0.717) is 22.8 Å². The van der Waals surface area contributed by atoms with Crippen LogP contribution >= 0.6 is 0 Å². The number of carbonyl (C=O) groups is 2. The number of rotatable bonds is 3. The molecule has 3 aliphatic rings. The predicted molar refractivity (Wildman–Crippen MR) is 124 cm³/mol. The average Bonchev–Trinajstić information content (AvgIpc) is 3.26. The molecule has 1 saturated carbocycles. The number of allylic oxidation sites excluding steroid dienone is 2. The Morgan fingerprint density at radius 3 is 2.44 bits per heavy atom. The van der Waals surface area contributed by atoms with Crippen molar-refractivity contribution in [1.82, 2.24) is 9.88 Å². The number of aromatic nitrogens is 1. The number of Topliss-reactive ketones (excluding diaryl/α,β-unsaturated/α-hetero) is 1. The molecule has 2 aromatic rings. The number of aryl methyl sites for hydroxylation is 1. The van der Waals surface area contributed by atoms with Gasteiger partial charge in [-0.1, -0.05) is 43.5 Å². The zero-order valence-corrected chi connectivity index (χ0v) is 19.2. The number of dihydropyridines is 1. The van der Waals surface area contributed by atoms with Gasteiger partial charge in [0.15, 0.2) is 5.78 Å². The molecule has 1 aromatic heterocycles. The molecule has 0 spiro atoms. The van der Waals surface area contributed by atoms with Crippen LogP contribution in [0.3, 0.4) is 0 Å². The molecule has 5 nitrogen and oxygen atoms in total. The van der Waals surface area contributed by atoms with Gasteiger partial charge in [0, 0.05) is 39.8 Å². The van der Waals surface area contributed by atoms with Gasteiger partial charge in [0.2, 0.25) is 0 Å². The van der Waals surface area contributed by atoms with Crippen LogP contribution in [0.15, 0.2) is 47.2 Å². The molecule has 1 aromatic carbocycles. The van der Waals surface area contributed by atoms with E-state index in [-0.39, 0.29) is 5.78 Å². The van der Waals surface area contributed by atoms with Crippen molar-refractivity contribution in [2.45, 2.75) is 64.8 Å². The summed E-state index contributed by atoms with van der Waals surface area (Å²) in [5.41, 5.74) is 7.70. The van der Waals surface area contributed by atoms with Crippen molar-refractivity contribution in [3.05, 3.63) is 75.3 Å². The van der Waals surface area contributed by atoms with E-state index in [1.165, 1.54) is 44.9 Å². The Kier molecular flexibility index (Phi) is 5.07. The van der Waals surface area contributed by atoms with Crippen molar-refractivity contribution in [2.75, 3.05) is 7.11 Å². The number of nitrogens with one attached hydrogen (secondary N) is 1. The van der Waals surface area contributed by atoms with E-state index < -0.39 is 11.9 Å². The molecule has 1 aliphatic heterocycles. The molecule has 0 radical (unpaired) electrons. The number of fused-ring (bicyclic) bond motifs is 2. The Morgan fingerprint density at radius 2 is 1.75 bits per heavy atom. The maximum Gasteiger partial charge on any atom is 0.336 e. The number of ether oxygens (including phenoxy) is 1. The molecule has 0 saturated heterocycles.